The van der Waals surface area contributed by atoms with E-state index in [9.17, 15) is 19.3 Å². The fourth-order valence-corrected chi connectivity index (χ4v) is 2.86. The summed E-state index contributed by atoms with van der Waals surface area (Å²) in [5.74, 6) is -2.02. The lowest BCUT2D eigenvalue weighted by Gasteiger charge is -2.18. The first-order valence-corrected chi connectivity index (χ1v) is 10.8. The van der Waals surface area contributed by atoms with E-state index in [1.54, 1.807) is 29.4 Å². The molecule has 3 atom stereocenters. The lowest BCUT2D eigenvalue weighted by molar-refractivity contribution is -0.141. The van der Waals surface area contributed by atoms with Crippen LogP contribution in [0.2, 0.25) is 0 Å². The summed E-state index contributed by atoms with van der Waals surface area (Å²) in [6.07, 6.45) is -0.549. The Balaban J connectivity index is 0.000000612. The molecule has 0 aliphatic carbocycles. The van der Waals surface area contributed by atoms with E-state index in [0.29, 0.717) is 12.3 Å². The first-order valence-electron chi connectivity index (χ1n) is 9.15. The van der Waals surface area contributed by atoms with E-state index in [4.69, 9.17) is 30.5 Å². The van der Waals surface area contributed by atoms with Gasteiger partial charge in [-0.1, -0.05) is 44.2 Å². The van der Waals surface area contributed by atoms with Crippen LogP contribution in [0.3, 0.4) is 0 Å². The second-order valence-corrected chi connectivity index (χ2v) is 8.37. The third-order valence-corrected chi connectivity index (χ3v) is 4.29. The van der Waals surface area contributed by atoms with Crippen LogP contribution in [0.5, 0.6) is 0 Å². The van der Waals surface area contributed by atoms with Crippen LogP contribution in [-0.2, 0) is 25.5 Å². The Kier molecular flexibility index (Phi) is 13.3. The number of aliphatic hydroxyl groups excluding tert-OH is 1. The fourth-order valence-electron chi connectivity index (χ4n) is 2.27. The van der Waals surface area contributed by atoms with Gasteiger partial charge in [-0.15, -0.1) is 0 Å². The van der Waals surface area contributed by atoms with Gasteiger partial charge >= 0.3 is 19.7 Å². The maximum atomic E-state index is 10.7. The van der Waals surface area contributed by atoms with Gasteiger partial charge in [-0.3, -0.25) is 9.59 Å². The van der Waals surface area contributed by atoms with Crippen molar-refractivity contribution in [2.24, 2.45) is 11.7 Å². The summed E-state index contributed by atoms with van der Waals surface area (Å²) in [6, 6.07) is 7.16. The Labute approximate surface area is 175 Å². The monoisotopic (exact) mass is 450 g/mol. The number of rotatable bonds is 12. The van der Waals surface area contributed by atoms with Crippen molar-refractivity contribution >= 4 is 19.7 Å². The van der Waals surface area contributed by atoms with Gasteiger partial charge in [-0.2, -0.15) is 0 Å². The zero-order valence-electron chi connectivity index (χ0n) is 16.9. The number of hydrogen-bond acceptors (Lipinski definition) is 6. The van der Waals surface area contributed by atoms with Crippen LogP contribution in [0.1, 0.15) is 32.3 Å². The molecule has 0 radical (unpaired) electrons. The highest BCUT2D eigenvalue weighted by molar-refractivity contribution is 7.49. The molecule has 0 bridgehead atoms. The molecule has 172 valence electrons. The number of benzene rings is 1. The van der Waals surface area contributed by atoms with Crippen LogP contribution in [0.15, 0.2) is 30.3 Å². The molecule has 0 heterocycles. The zero-order valence-corrected chi connectivity index (χ0v) is 17.8. The van der Waals surface area contributed by atoms with Gasteiger partial charge in [-0.05, 0) is 17.9 Å². The minimum Gasteiger partial charge on any atom is -0.481 e. The van der Waals surface area contributed by atoms with Gasteiger partial charge in [0, 0.05) is 6.04 Å². The Morgan fingerprint density at radius 3 is 2.17 bits per heavy atom. The standard InChI is InChI=1S/C10H14NO6P.C8H17NO3/c12-10(13)9(11-18(14,15)16)7-17-6-8-4-2-1-3-5-8;1-5(2)3-6(9)7(10)4-8(11)12/h1-5,9H,6-7H2,(H,12,13)(H3,11,14,15,16);5-7,10H,3-4,9H2,1-2H3,(H,11,12)/t9-;/m0./s1. The number of aliphatic hydroxyl groups is 1. The van der Waals surface area contributed by atoms with E-state index in [1.807, 2.05) is 19.9 Å². The van der Waals surface area contributed by atoms with Gasteiger partial charge in [0.25, 0.3) is 0 Å². The summed E-state index contributed by atoms with van der Waals surface area (Å²) in [4.78, 5) is 38.2. The van der Waals surface area contributed by atoms with Crippen molar-refractivity contribution in [1.29, 1.82) is 0 Å². The van der Waals surface area contributed by atoms with Crippen molar-refractivity contribution in [3.05, 3.63) is 35.9 Å². The highest BCUT2D eigenvalue weighted by atomic mass is 31.2. The predicted octanol–water partition coefficient (Wildman–Crippen LogP) is 0.534. The molecular weight excluding hydrogens is 419 g/mol. The second kappa shape index (κ2) is 14.2. The van der Waals surface area contributed by atoms with E-state index < -0.39 is 37.9 Å². The van der Waals surface area contributed by atoms with E-state index >= 15 is 0 Å². The summed E-state index contributed by atoms with van der Waals surface area (Å²) in [5.41, 5.74) is 6.40. The van der Waals surface area contributed by atoms with Crippen LogP contribution in [0.25, 0.3) is 0 Å². The zero-order chi connectivity index (χ0) is 23.3. The van der Waals surface area contributed by atoms with Crippen LogP contribution in [0.4, 0.5) is 0 Å². The topological polar surface area (TPSA) is 200 Å². The molecule has 0 aromatic heterocycles. The molecule has 12 heteroatoms. The first-order chi connectivity index (χ1) is 13.8. The molecule has 0 saturated heterocycles. The number of ether oxygens (including phenoxy) is 1. The second-order valence-electron chi connectivity index (χ2n) is 7.02. The van der Waals surface area contributed by atoms with Crippen molar-refractivity contribution in [2.45, 2.75) is 51.5 Å². The quantitative estimate of drug-likeness (QED) is 0.219. The van der Waals surface area contributed by atoms with Crippen molar-refractivity contribution < 1.29 is 44.0 Å². The Bertz CT molecular complexity index is 681. The molecule has 0 spiro atoms. The third-order valence-electron chi connectivity index (χ3n) is 3.64. The summed E-state index contributed by atoms with van der Waals surface area (Å²) in [5, 5.41) is 28.0. The molecule has 0 saturated carbocycles. The van der Waals surface area contributed by atoms with E-state index in [1.165, 1.54) is 0 Å². The normalized spacial score (nSPS) is 14.4. The van der Waals surface area contributed by atoms with Crippen LogP contribution in [0, 0.1) is 5.92 Å². The summed E-state index contributed by atoms with van der Waals surface area (Å²) in [6.45, 7) is 3.80. The van der Waals surface area contributed by atoms with Gasteiger partial charge in [0.05, 0.1) is 25.7 Å². The summed E-state index contributed by atoms with van der Waals surface area (Å²) < 4.78 is 15.7. The van der Waals surface area contributed by atoms with Gasteiger partial charge in [0.15, 0.2) is 0 Å². The smallest absolute Gasteiger partial charge is 0.401 e. The molecule has 11 nitrogen and oxygen atoms in total. The van der Waals surface area contributed by atoms with Gasteiger partial charge in [0.1, 0.15) is 6.04 Å². The molecule has 1 aromatic rings. The van der Waals surface area contributed by atoms with Crippen molar-refractivity contribution in [2.75, 3.05) is 6.61 Å². The van der Waals surface area contributed by atoms with Crippen molar-refractivity contribution in [1.82, 2.24) is 5.09 Å². The van der Waals surface area contributed by atoms with Crippen molar-refractivity contribution in [3.63, 3.8) is 0 Å². The highest BCUT2D eigenvalue weighted by Gasteiger charge is 2.26. The largest absolute Gasteiger partial charge is 0.481 e. The Morgan fingerprint density at radius 2 is 1.73 bits per heavy atom. The molecular formula is C18H31N2O9P. The maximum Gasteiger partial charge on any atom is 0.401 e. The average molecular weight is 450 g/mol. The van der Waals surface area contributed by atoms with Gasteiger partial charge in [-0.25, -0.2) is 9.65 Å². The number of nitrogens with one attached hydrogen (secondary N) is 1. The Morgan fingerprint density at radius 1 is 1.17 bits per heavy atom. The maximum absolute atomic E-state index is 10.7. The van der Waals surface area contributed by atoms with Gasteiger partial charge in [0.2, 0.25) is 0 Å². The molecule has 2 unspecified atom stereocenters. The SMILES string of the molecule is CC(C)CC(N)C(O)CC(=O)O.O=C(O)[C@H](COCc1ccccc1)NP(=O)(O)O. The van der Waals surface area contributed by atoms with Crippen molar-refractivity contribution in [3.8, 4) is 0 Å². The van der Waals surface area contributed by atoms with Crippen LogP contribution >= 0.6 is 7.75 Å². The first kappa shape index (κ1) is 28.1. The number of nitrogens with two attached hydrogens (primary N) is 1. The minimum atomic E-state index is -4.60. The summed E-state index contributed by atoms with van der Waals surface area (Å²) >= 11 is 0. The predicted molar refractivity (Wildman–Crippen MR) is 108 cm³/mol. The average Bonchev–Trinajstić information content (AvgIpc) is 2.60. The number of carbonyl (C=O) groups is 2. The molecule has 1 aromatic carbocycles. The highest BCUT2D eigenvalue weighted by Crippen LogP contribution is 2.29. The number of aliphatic carboxylic acids is 2. The van der Waals surface area contributed by atoms with Gasteiger partial charge < -0.3 is 35.6 Å². The summed E-state index contributed by atoms with van der Waals surface area (Å²) in [7, 11) is -4.60. The molecule has 8 N–H and O–H groups in total. The lowest BCUT2D eigenvalue weighted by atomic mass is 9.98. The molecule has 0 aliphatic rings. The minimum absolute atomic E-state index is 0.174. The molecule has 0 aliphatic heterocycles. The Hall–Kier alpha value is -1.85. The molecule has 1 rings (SSSR count). The third kappa shape index (κ3) is 15.1. The molecule has 0 fully saturated rings. The number of carboxylic acid groups (broad SMARTS) is 2. The lowest BCUT2D eigenvalue weighted by Crippen LogP contribution is -2.38. The molecule has 0 amide bonds. The van der Waals surface area contributed by atoms with Crippen LogP contribution < -0.4 is 10.8 Å². The van der Waals surface area contributed by atoms with Crippen LogP contribution in [-0.4, -0.2) is 61.8 Å². The molecule has 30 heavy (non-hydrogen) atoms. The van der Waals surface area contributed by atoms with E-state index in [-0.39, 0.29) is 19.6 Å². The van der Waals surface area contributed by atoms with E-state index in [0.717, 1.165) is 5.56 Å². The fraction of sp³-hybridized carbons (Fsp3) is 0.556. The number of carboxylic acids is 2. The van der Waals surface area contributed by atoms with E-state index in [2.05, 4.69) is 0 Å². The number of hydrogen-bond donors (Lipinski definition) is 7.